The summed E-state index contributed by atoms with van der Waals surface area (Å²) in [4.78, 5) is 21.1. The summed E-state index contributed by atoms with van der Waals surface area (Å²) in [7, 11) is 0. The van der Waals surface area contributed by atoms with E-state index in [2.05, 4.69) is 15.3 Å². The number of fused-ring (bicyclic) bond motifs is 1. The van der Waals surface area contributed by atoms with Gasteiger partial charge in [0.25, 0.3) is 0 Å². The smallest absolute Gasteiger partial charge is 0.375 e. The third-order valence-corrected chi connectivity index (χ3v) is 4.97. The number of nitrogens with one attached hydrogen (secondary N) is 1. The molecule has 0 bridgehead atoms. The first kappa shape index (κ1) is 21.5. The molecule has 1 amide bonds. The van der Waals surface area contributed by atoms with Crippen molar-refractivity contribution in [1.29, 1.82) is 0 Å². The molecule has 1 aliphatic rings. The number of hydrogen-bond donors (Lipinski definition) is 1. The van der Waals surface area contributed by atoms with Crippen molar-refractivity contribution in [3.8, 4) is 0 Å². The summed E-state index contributed by atoms with van der Waals surface area (Å²) in [5.74, 6) is -0.0842. The molecule has 1 fully saturated rings. The first-order valence-corrected chi connectivity index (χ1v) is 9.69. The Kier molecular flexibility index (Phi) is 5.40. The number of carbonyl (C=O) groups excluding carboxylic acids is 1. The van der Waals surface area contributed by atoms with Gasteiger partial charge in [0.05, 0.1) is 17.6 Å². The lowest BCUT2D eigenvalue weighted by Crippen LogP contribution is -2.38. The summed E-state index contributed by atoms with van der Waals surface area (Å²) in [6.07, 6.45) is -1.95. The number of carbonyl (C=O) groups is 1. The Hall–Kier alpha value is -2.16. The molecule has 0 unspecified atom stereocenters. The van der Waals surface area contributed by atoms with Gasteiger partial charge in [0.15, 0.2) is 5.65 Å². The van der Waals surface area contributed by atoms with E-state index in [1.807, 2.05) is 20.8 Å². The van der Waals surface area contributed by atoms with Gasteiger partial charge in [0.2, 0.25) is 11.9 Å². The van der Waals surface area contributed by atoms with E-state index in [9.17, 15) is 18.0 Å². The number of alkyl halides is 3. The zero-order valence-corrected chi connectivity index (χ0v) is 17.4. The number of aromatic nitrogens is 3. The van der Waals surface area contributed by atoms with Gasteiger partial charge in [0.1, 0.15) is 11.2 Å². The van der Waals surface area contributed by atoms with Crippen molar-refractivity contribution in [2.24, 2.45) is 5.41 Å². The quantitative estimate of drug-likeness (QED) is 0.754. The first-order valence-electron chi connectivity index (χ1n) is 9.69. The Balaban J connectivity index is 1.93. The molecule has 0 aliphatic heterocycles. The average Bonchev–Trinajstić information content (AvgIpc) is 2.87. The van der Waals surface area contributed by atoms with E-state index in [1.54, 1.807) is 18.4 Å². The molecule has 160 valence electrons. The predicted molar refractivity (Wildman–Crippen MR) is 104 cm³/mol. The Labute approximate surface area is 167 Å². The van der Waals surface area contributed by atoms with E-state index in [4.69, 9.17) is 4.74 Å². The van der Waals surface area contributed by atoms with Crippen molar-refractivity contribution in [1.82, 2.24) is 14.5 Å². The van der Waals surface area contributed by atoms with Crippen LogP contribution in [0.3, 0.4) is 0 Å². The van der Waals surface area contributed by atoms with Gasteiger partial charge < -0.3 is 4.74 Å². The minimum absolute atomic E-state index is 0.0276. The standard InChI is InChI=1S/C20H27F3N4O2/c1-18(2,3)29-11-19(4,5)16(28)26-17-24-13-9-10-14(20(21,22)23)25-15(13)27(17)12-7-6-8-12/h9-10,12H,6-8,11H2,1-5H3,(H,24,26,28). The van der Waals surface area contributed by atoms with Crippen LogP contribution in [0.1, 0.15) is 65.6 Å². The van der Waals surface area contributed by atoms with Gasteiger partial charge in [-0.3, -0.25) is 14.7 Å². The lowest BCUT2D eigenvalue weighted by Gasteiger charge is -2.31. The fourth-order valence-electron chi connectivity index (χ4n) is 2.94. The highest BCUT2D eigenvalue weighted by atomic mass is 19.4. The molecule has 0 saturated heterocycles. The van der Waals surface area contributed by atoms with Crippen LogP contribution in [-0.4, -0.2) is 32.7 Å². The first-order chi connectivity index (χ1) is 13.3. The summed E-state index contributed by atoms with van der Waals surface area (Å²) >= 11 is 0. The zero-order valence-electron chi connectivity index (χ0n) is 17.4. The summed E-state index contributed by atoms with van der Waals surface area (Å²) in [5.41, 5.74) is -1.75. The molecule has 1 N–H and O–H groups in total. The van der Waals surface area contributed by atoms with Crippen LogP contribution in [0.5, 0.6) is 0 Å². The molecule has 2 heterocycles. The molecule has 3 rings (SSSR count). The molecule has 0 aromatic carbocycles. The molecule has 1 aliphatic carbocycles. The normalized spacial score (nSPS) is 16.1. The van der Waals surface area contributed by atoms with Gasteiger partial charge in [0, 0.05) is 6.04 Å². The minimum atomic E-state index is -4.54. The van der Waals surface area contributed by atoms with Gasteiger partial charge in [-0.1, -0.05) is 0 Å². The number of anilines is 1. The summed E-state index contributed by atoms with van der Waals surface area (Å²) < 4.78 is 46.8. The van der Waals surface area contributed by atoms with Crippen LogP contribution in [0.2, 0.25) is 0 Å². The van der Waals surface area contributed by atoms with Gasteiger partial charge in [-0.05, 0) is 66.0 Å². The summed E-state index contributed by atoms with van der Waals surface area (Å²) in [6.45, 7) is 9.42. The van der Waals surface area contributed by atoms with Crippen LogP contribution in [0.25, 0.3) is 11.2 Å². The second-order valence-electron chi connectivity index (χ2n) is 9.17. The van der Waals surface area contributed by atoms with E-state index >= 15 is 0 Å². The Bertz CT molecular complexity index is 909. The van der Waals surface area contributed by atoms with Crippen molar-refractivity contribution < 1.29 is 22.7 Å². The maximum Gasteiger partial charge on any atom is 0.433 e. The third-order valence-electron chi connectivity index (χ3n) is 4.97. The van der Waals surface area contributed by atoms with Crippen molar-refractivity contribution in [2.75, 3.05) is 11.9 Å². The second-order valence-corrected chi connectivity index (χ2v) is 9.17. The number of imidazole rings is 1. The van der Waals surface area contributed by atoms with Crippen molar-refractivity contribution in [3.05, 3.63) is 17.8 Å². The average molecular weight is 412 g/mol. The number of ether oxygens (including phenoxy) is 1. The molecular weight excluding hydrogens is 385 g/mol. The van der Waals surface area contributed by atoms with E-state index in [0.29, 0.717) is 5.52 Å². The van der Waals surface area contributed by atoms with Crippen molar-refractivity contribution >= 4 is 23.0 Å². The molecule has 0 radical (unpaired) electrons. The van der Waals surface area contributed by atoms with Gasteiger partial charge in [-0.2, -0.15) is 13.2 Å². The maximum atomic E-state index is 13.1. The van der Waals surface area contributed by atoms with Crippen LogP contribution in [0.4, 0.5) is 19.1 Å². The molecule has 2 aromatic heterocycles. The Morgan fingerprint density at radius 3 is 2.34 bits per heavy atom. The molecule has 9 heteroatoms. The monoisotopic (exact) mass is 412 g/mol. The highest BCUT2D eigenvalue weighted by Gasteiger charge is 2.35. The molecular formula is C20H27F3N4O2. The van der Waals surface area contributed by atoms with Gasteiger partial charge in [-0.15, -0.1) is 0 Å². The van der Waals surface area contributed by atoms with E-state index < -0.39 is 22.9 Å². The molecule has 29 heavy (non-hydrogen) atoms. The fraction of sp³-hybridized carbons (Fsp3) is 0.650. The second kappa shape index (κ2) is 7.27. The lowest BCUT2D eigenvalue weighted by molar-refractivity contribution is -0.141. The van der Waals surface area contributed by atoms with E-state index in [0.717, 1.165) is 25.3 Å². The number of nitrogens with zero attached hydrogens (tertiary/aromatic N) is 3. The number of amides is 1. The molecule has 6 nitrogen and oxygen atoms in total. The zero-order chi connectivity index (χ0) is 21.6. The van der Waals surface area contributed by atoms with Gasteiger partial charge in [-0.25, -0.2) is 9.97 Å². The van der Waals surface area contributed by atoms with Crippen LogP contribution < -0.4 is 5.32 Å². The predicted octanol–water partition coefficient (Wildman–Crippen LogP) is 4.95. The van der Waals surface area contributed by atoms with E-state index in [-0.39, 0.29) is 30.2 Å². The van der Waals surface area contributed by atoms with Crippen LogP contribution in [0.15, 0.2) is 12.1 Å². The number of hydrogen-bond acceptors (Lipinski definition) is 4. The molecule has 0 atom stereocenters. The minimum Gasteiger partial charge on any atom is -0.375 e. The molecule has 0 spiro atoms. The number of rotatable bonds is 5. The largest absolute Gasteiger partial charge is 0.433 e. The third kappa shape index (κ3) is 4.71. The Morgan fingerprint density at radius 1 is 1.17 bits per heavy atom. The SMILES string of the molecule is CC(C)(C)OCC(C)(C)C(=O)Nc1nc2ccc(C(F)(F)F)nc2n1C1CCC1. The van der Waals surface area contributed by atoms with Gasteiger partial charge >= 0.3 is 6.18 Å². The van der Waals surface area contributed by atoms with Crippen molar-refractivity contribution in [2.45, 2.75) is 71.7 Å². The molecule has 2 aromatic rings. The molecule has 1 saturated carbocycles. The van der Waals surface area contributed by atoms with E-state index in [1.165, 1.54) is 6.07 Å². The lowest BCUT2D eigenvalue weighted by atomic mass is 9.92. The van der Waals surface area contributed by atoms with Crippen molar-refractivity contribution in [3.63, 3.8) is 0 Å². The number of pyridine rings is 1. The van der Waals surface area contributed by atoms with Crippen LogP contribution in [-0.2, 0) is 15.7 Å². The maximum absolute atomic E-state index is 13.1. The summed E-state index contributed by atoms with van der Waals surface area (Å²) in [5, 5.41) is 2.80. The highest BCUT2D eigenvalue weighted by Crippen LogP contribution is 2.38. The fourth-order valence-corrected chi connectivity index (χ4v) is 2.94. The highest BCUT2D eigenvalue weighted by molar-refractivity contribution is 5.95. The Morgan fingerprint density at radius 2 is 1.83 bits per heavy atom. The van der Waals surface area contributed by atoms with Crippen LogP contribution >= 0.6 is 0 Å². The number of halogens is 3. The van der Waals surface area contributed by atoms with Crippen LogP contribution in [0, 0.1) is 5.41 Å². The topological polar surface area (TPSA) is 69.0 Å². The summed E-state index contributed by atoms with van der Waals surface area (Å²) in [6, 6.07) is 2.18.